The second-order valence-corrected chi connectivity index (χ2v) is 15.5. The lowest BCUT2D eigenvalue weighted by Crippen LogP contribution is -2.54. The van der Waals surface area contributed by atoms with Crippen LogP contribution in [0.15, 0.2) is 48.9 Å². The van der Waals surface area contributed by atoms with E-state index in [9.17, 15) is 29.2 Å². The van der Waals surface area contributed by atoms with Gasteiger partial charge in [-0.15, -0.1) is 0 Å². The van der Waals surface area contributed by atoms with Crippen LogP contribution in [-0.4, -0.2) is 137 Å². The summed E-state index contributed by atoms with van der Waals surface area (Å²) in [7, 11) is 0. The summed E-state index contributed by atoms with van der Waals surface area (Å²) in [6, 6.07) is 9.52. The minimum absolute atomic E-state index is 0.0481. The first-order chi connectivity index (χ1) is 29.9. The van der Waals surface area contributed by atoms with Crippen molar-refractivity contribution in [3.8, 4) is 11.9 Å². The molecule has 5 amide bonds. The van der Waals surface area contributed by atoms with Crippen LogP contribution < -0.4 is 26.6 Å². The normalized spacial score (nSPS) is 16.9. The number of hydrogen-bond donors (Lipinski definition) is 5. The number of alkyl halides is 1. The third-order valence-corrected chi connectivity index (χ3v) is 10.6. The second-order valence-electron chi connectivity index (χ2n) is 15.5. The molecule has 7 rings (SSSR count). The Bertz CT molecular complexity index is 2380. The van der Waals surface area contributed by atoms with Crippen LogP contribution in [0.2, 0.25) is 0 Å². The third-order valence-electron chi connectivity index (χ3n) is 10.6. The van der Waals surface area contributed by atoms with E-state index in [0.29, 0.717) is 73.2 Å². The molecule has 5 N–H and O–H groups in total. The number of amides is 5. The van der Waals surface area contributed by atoms with Crippen LogP contribution in [0.5, 0.6) is 0 Å². The van der Waals surface area contributed by atoms with Gasteiger partial charge in [0.05, 0.1) is 79.3 Å². The molecule has 19 nitrogen and oxygen atoms in total. The number of imide groups is 2. The summed E-state index contributed by atoms with van der Waals surface area (Å²) >= 11 is 0. The van der Waals surface area contributed by atoms with Crippen molar-refractivity contribution in [1.82, 2.24) is 40.6 Å². The molecule has 0 bridgehead atoms. The van der Waals surface area contributed by atoms with Crippen molar-refractivity contribution in [3.63, 3.8) is 0 Å². The maximum Gasteiger partial charge on any atom is 0.264 e. The van der Waals surface area contributed by atoms with E-state index in [-0.39, 0.29) is 55.3 Å². The largest absolute Gasteiger partial charge is 0.382 e. The molecule has 2 aliphatic heterocycles. The first-order valence-electron chi connectivity index (χ1n) is 20.5. The van der Waals surface area contributed by atoms with E-state index in [4.69, 9.17) is 14.2 Å². The number of benzene rings is 1. The Morgan fingerprint density at radius 1 is 0.968 bits per heavy atom. The van der Waals surface area contributed by atoms with Gasteiger partial charge in [0, 0.05) is 61.6 Å². The number of piperidine rings is 1. The molecule has 20 heteroatoms. The highest BCUT2D eigenvalue weighted by atomic mass is 19.1. The number of nitrogens with zero attached hydrogens (tertiary/aromatic N) is 6. The van der Waals surface area contributed by atoms with Crippen LogP contribution in [0.1, 0.15) is 76.2 Å². The molecule has 5 heterocycles. The van der Waals surface area contributed by atoms with Gasteiger partial charge in [-0.3, -0.25) is 34.2 Å². The molecule has 62 heavy (non-hydrogen) atoms. The number of halogens is 1. The Morgan fingerprint density at radius 2 is 1.74 bits per heavy atom. The summed E-state index contributed by atoms with van der Waals surface area (Å²) in [5.74, 6) is -2.29. The zero-order valence-electron chi connectivity index (χ0n) is 34.4. The van der Waals surface area contributed by atoms with Crippen molar-refractivity contribution >= 4 is 51.9 Å². The van der Waals surface area contributed by atoms with Crippen LogP contribution in [-0.2, 0) is 23.8 Å². The number of aromatic nitrogens is 4. The number of nitriles is 1. The van der Waals surface area contributed by atoms with Gasteiger partial charge in [-0.25, -0.2) is 14.4 Å². The topological polar surface area (TPSA) is 244 Å². The summed E-state index contributed by atoms with van der Waals surface area (Å²) in [6.07, 6.45) is 5.01. The van der Waals surface area contributed by atoms with Gasteiger partial charge in [0.15, 0.2) is 11.5 Å². The van der Waals surface area contributed by atoms with Crippen LogP contribution in [0.4, 0.5) is 15.8 Å². The zero-order valence-corrected chi connectivity index (χ0v) is 34.4. The Balaban J connectivity index is 0.756. The van der Waals surface area contributed by atoms with E-state index in [1.165, 1.54) is 17.1 Å². The Morgan fingerprint density at radius 3 is 2.50 bits per heavy atom. The quantitative estimate of drug-likeness (QED) is 0.0563. The average Bonchev–Trinajstić information content (AvgIpc) is 3.92. The molecule has 1 saturated carbocycles. The van der Waals surface area contributed by atoms with E-state index in [2.05, 4.69) is 47.7 Å². The van der Waals surface area contributed by atoms with Crippen molar-refractivity contribution in [2.24, 2.45) is 0 Å². The third kappa shape index (κ3) is 10.2. The standard InChI is InChI=1S/C42H48FN11O8/c1-42(2,33(43)24-49-38(56)29-23-47-34(19-31(29)51-27-6-7-27)54-37-26(22-50-54)18-25(20-44)21-48-37)62-17-16-61-14-11-45-10-13-60-15-12-46-30-5-3-4-28-36(30)41(59)53(40(28)58)32-8-9-35(55)52-39(32)57/h3-5,18-19,21-23,27,32-33,45-46H,6-17,24H2,1-2H3,(H,47,51)(H,49,56)(H,52,55,57). The van der Waals surface area contributed by atoms with Crippen LogP contribution in [0.25, 0.3) is 16.9 Å². The SMILES string of the molecule is CC(C)(OCCOCCNCCOCCNc1cccc2c1C(=O)N(C1CCC(=O)NC1=O)C2=O)C(F)CNC(=O)c1cnc(-n2ncc3cc(C#N)cnc32)cc1NC1CC1. The predicted molar refractivity (Wildman–Crippen MR) is 221 cm³/mol. The smallest absolute Gasteiger partial charge is 0.264 e. The van der Waals surface area contributed by atoms with Crippen LogP contribution >= 0.6 is 0 Å². The lowest BCUT2D eigenvalue weighted by Gasteiger charge is -2.29. The van der Waals surface area contributed by atoms with Gasteiger partial charge in [-0.1, -0.05) is 6.07 Å². The second kappa shape index (κ2) is 19.5. The van der Waals surface area contributed by atoms with Gasteiger partial charge < -0.3 is 35.5 Å². The molecule has 0 radical (unpaired) electrons. The summed E-state index contributed by atoms with van der Waals surface area (Å²) in [6.45, 7) is 5.92. The summed E-state index contributed by atoms with van der Waals surface area (Å²) in [4.78, 5) is 73.2. The molecule has 1 aliphatic carbocycles. The molecule has 4 aromatic rings. The fourth-order valence-electron chi connectivity index (χ4n) is 6.97. The number of pyridine rings is 2. The molecule has 326 valence electrons. The number of hydrogen-bond acceptors (Lipinski definition) is 15. The van der Waals surface area contributed by atoms with E-state index in [1.807, 2.05) is 0 Å². The van der Waals surface area contributed by atoms with E-state index < -0.39 is 47.4 Å². The Hall–Kier alpha value is -6.40. The molecule has 3 aliphatic rings. The predicted octanol–water partition coefficient (Wildman–Crippen LogP) is 2.26. The van der Waals surface area contributed by atoms with Crippen molar-refractivity contribution in [2.45, 2.75) is 63.4 Å². The number of anilines is 2. The molecular formula is C42H48FN11O8. The van der Waals surface area contributed by atoms with E-state index in [0.717, 1.165) is 17.7 Å². The number of ether oxygens (including phenoxy) is 3. The van der Waals surface area contributed by atoms with Gasteiger partial charge in [0.2, 0.25) is 11.8 Å². The van der Waals surface area contributed by atoms with Gasteiger partial charge in [-0.2, -0.15) is 15.0 Å². The first kappa shape index (κ1) is 43.7. The summed E-state index contributed by atoms with van der Waals surface area (Å²) in [5.41, 5.74) is 1.37. The lowest BCUT2D eigenvalue weighted by atomic mass is 10.0. The van der Waals surface area contributed by atoms with Gasteiger partial charge in [0.25, 0.3) is 17.7 Å². The Kier molecular flexibility index (Phi) is 13.8. The minimum Gasteiger partial charge on any atom is -0.382 e. The highest BCUT2D eigenvalue weighted by Crippen LogP contribution is 2.33. The van der Waals surface area contributed by atoms with Crippen LogP contribution in [0, 0.1) is 11.3 Å². The number of carbonyl (C=O) groups excluding carboxylic acids is 5. The van der Waals surface area contributed by atoms with Gasteiger partial charge >= 0.3 is 0 Å². The number of nitrogens with one attached hydrogen (secondary N) is 5. The maximum atomic E-state index is 15.4. The molecule has 2 fully saturated rings. The number of carbonyl (C=O) groups is 5. The lowest BCUT2D eigenvalue weighted by molar-refractivity contribution is -0.136. The number of rotatable bonds is 22. The molecule has 0 spiro atoms. The molecule has 2 unspecified atom stereocenters. The maximum absolute atomic E-state index is 15.4. The van der Waals surface area contributed by atoms with Gasteiger partial charge in [0.1, 0.15) is 18.3 Å². The van der Waals surface area contributed by atoms with E-state index in [1.54, 1.807) is 50.4 Å². The fraction of sp³-hybridized carbons (Fsp3) is 0.452. The van der Waals surface area contributed by atoms with Crippen molar-refractivity contribution < 1.29 is 42.6 Å². The first-order valence-corrected chi connectivity index (χ1v) is 20.5. The summed E-state index contributed by atoms with van der Waals surface area (Å²) in [5, 5.41) is 28.8. The van der Waals surface area contributed by atoms with Crippen molar-refractivity contribution in [3.05, 3.63) is 71.2 Å². The molecule has 1 saturated heterocycles. The van der Waals surface area contributed by atoms with Gasteiger partial charge in [-0.05, 0) is 51.3 Å². The molecular weight excluding hydrogens is 806 g/mol. The highest BCUT2D eigenvalue weighted by Gasteiger charge is 2.45. The molecule has 2 atom stereocenters. The van der Waals surface area contributed by atoms with Crippen LogP contribution in [0.3, 0.4) is 0 Å². The van der Waals surface area contributed by atoms with E-state index >= 15 is 4.39 Å². The summed E-state index contributed by atoms with van der Waals surface area (Å²) < 4.78 is 34.0. The fourth-order valence-corrected chi connectivity index (χ4v) is 6.97. The Labute approximate surface area is 356 Å². The highest BCUT2D eigenvalue weighted by molar-refractivity contribution is 6.25. The van der Waals surface area contributed by atoms with Crippen molar-refractivity contribution in [2.75, 3.05) is 69.8 Å². The molecule has 3 aromatic heterocycles. The minimum atomic E-state index is -1.52. The monoisotopic (exact) mass is 853 g/mol. The van der Waals surface area contributed by atoms with Crippen molar-refractivity contribution in [1.29, 1.82) is 5.26 Å². The number of fused-ring (bicyclic) bond motifs is 2. The zero-order chi connectivity index (χ0) is 43.8. The molecule has 1 aromatic carbocycles. The average molecular weight is 854 g/mol.